The Morgan fingerprint density at radius 2 is 0.755 bits per heavy atom. The Bertz CT molecular complexity index is 3050. The van der Waals surface area contributed by atoms with Gasteiger partial charge in [-0.2, -0.15) is 0 Å². The van der Waals surface area contributed by atoms with Crippen LogP contribution in [-0.2, 0) is 0 Å². The zero-order valence-electron chi connectivity index (χ0n) is 26.6. The van der Waals surface area contributed by atoms with E-state index in [1.165, 1.54) is 86.7 Å². The maximum Gasteiger partial charge on any atom is 0.136 e. The second kappa shape index (κ2) is 10.0. The van der Waals surface area contributed by atoms with Crippen molar-refractivity contribution in [3.8, 4) is 22.3 Å². The van der Waals surface area contributed by atoms with Crippen LogP contribution in [0.25, 0.3) is 109 Å². The molecule has 0 unspecified atom stereocenters. The standard InChI is InChI=1S/C48H28O/c1-4-14-33-29(11-1)21-23-41-36(33)25-26-43-46(41)42-24-22-32(28-44(42)49-43)45-37-17-7-9-19-39(37)48(40-20-10-8-18-38(40)45)47-34-15-5-2-12-30(34)27-31-13-3-6-16-35(31)47/h1-28H. The summed E-state index contributed by atoms with van der Waals surface area (Å²) in [6, 6.07) is 62.0. The fourth-order valence-corrected chi connectivity index (χ4v) is 8.51. The van der Waals surface area contributed by atoms with Gasteiger partial charge in [0.05, 0.1) is 0 Å². The molecule has 0 aliphatic heterocycles. The van der Waals surface area contributed by atoms with Crippen molar-refractivity contribution < 1.29 is 4.42 Å². The Morgan fingerprint density at radius 1 is 0.265 bits per heavy atom. The topological polar surface area (TPSA) is 13.1 Å². The van der Waals surface area contributed by atoms with Gasteiger partial charge in [0.2, 0.25) is 0 Å². The smallest absolute Gasteiger partial charge is 0.136 e. The summed E-state index contributed by atoms with van der Waals surface area (Å²) < 4.78 is 6.65. The predicted octanol–water partition coefficient (Wildman–Crippen LogP) is 13.8. The summed E-state index contributed by atoms with van der Waals surface area (Å²) in [7, 11) is 0. The average Bonchev–Trinajstić information content (AvgIpc) is 3.54. The Kier molecular flexibility index (Phi) is 5.45. The van der Waals surface area contributed by atoms with Crippen LogP contribution in [-0.4, -0.2) is 0 Å². The second-order valence-electron chi connectivity index (χ2n) is 13.2. The van der Waals surface area contributed by atoms with Crippen molar-refractivity contribution in [1.82, 2.24) is 0 Å². The third-order valence-corrected chi connectivity index (χ3v) is 10.6. The maximum atomic E-state index is 6.65. The van der Waals surface area contributed by atoms with Crippen LogP contribution in [0.3, 0.4) is 0 Å². The summed E-state index contributed by atoms with van der Waals surface area (Å²) in [5, 5.41) is 17.4. The van der Waals surface area contributed by atoms with Gasteiger partial charge in [-0.3, -0.25) is 0 Å². The number of hydrogen-bond donors (Lipinski definition) is 0. The minimum Gasteiger partial charge on any atom is -0.456 e. The van der Waals surface area contributed by atoms with Crippen LogP contribution in [0, 0.1) is 0 Å². The average molecular weight is 621 g/mol. The van der Waals surface area contributed by atoms with Gasteiger partial charge in [0.15, 0.2) is 0 Å². The van der Waals surface area contributed by atoms with Gasteiger partial charge in [0.1, 0.15) is 11.2 Å². The van der Waals surface area contributed by atoms with Crippen molar-refractivity contribution in [2.45, 2.75) is 0 Å². The van der Waals surface area contributed by atoms with Crippen LogP contribution < -0.4 is 0 Å². The first-order valence-corrected chi connectivity index (χ1v) is 16.9. The van der Waals surface area contributed by atoms with Crippen molar-refractivity contribution in [3.05, 3.63) is 170 Å². The zero-order chi connectivity index (χ0) is 32.1. The first kappa shape index (κ1) is 26.6. The van der Waals surface area contributed by atoms with Gasteiger partial charge in [-0.15, -0.1) is 0 Å². The van der Waals surface area contributed by atoms with Crippen LogP contribution in [0.2, 0.25) is 0 Å². The lowest BCUT2D eigenvalue weighted by atomic mass is 9.83. The molecule has 0 N–H and O–H groups in total. The molecule has 11 aromatic rings. The quantitative estimate of drug-likeness (QED) is 0.138. The maximum absolute atomic E-state index is 6.65. The number of hydrogen-bond acceptors (Lipinski definition) is 1. The van der Waals surface area contributed by atoms with Crippen LogP contribution in [0.5, 0.6) is 0 Å². The van der Waals surface area contributed by atoms with Gasteiger partial charge in [-0.05, 0) is 111 Å². The summed E-state index contributed by atoms with van der Waals surface area (Å²) in [6.45, 7) is 0. The van der Waals surface area contributed by atoms with E-state index in [1.54, 1.807) is 0 Å². The molecule has 1 heteroatoms. The molecule has 49 heavy (non-hydrogen) atoms. The van der Waals surface area contributed by atoms with Crippen LogP contribution in [0.4, 0.5) is 0 Å². The van der Waals surface area contributed by atoms with Crippen molar-refractivity contribution in [1.29, 1.82) is 0 Å². The number of benzene rings is 10. The fraction of sp³-hybridized carbons (Fsp3) is 0. The van der Waals surface area contributed by atoms with E-state index in [4.69, 9.17) is 4.42 Å². The lowest BCUT2D eigenvalue weighted by Crippen LogP contribution is -1.92. The van der Waals surface area contributed by atoms with Crippen molar-refractivity contribution >= 4 is 86.6 Å². The molecule has 1 aromatic heterocycles. The van der Waals surface area contributed by atoms with E-state index >= 15 is 0 Å². The van der Waals surface area contributed by atoms with Gasteiger partial charge in [-0.1, -0.05) is 146 Å². The van der Waals surface area contributed by atoms with E-state index in [9.17, 15) is 0 Å². The predicted molar refractivity (Wildman–Crippen MR) is 210 cm³/mol. The number of furan rings is 1. The summed E-state index contributed by atoms with van der Waals surface area (Å²) >= 11 is 0. The van der Waals surface area contributed by atoms with Crippen LogP contribution in [0.15, 0.2) is 174 Å². The molecule has 11 rings (SSSR count). The van der Waals surface area contributed by atoms with Crippen LogP contribution in [0.1, 0.15) is 0 Å². The highest BCUT2D eigenvalue weighted by Gasteiger charge is 2.21. The normalized spacial score (nSPS) is 12.1. The summed E-state index contributed by atoms with van der Waals surface area (Å²) in [4.78, 5) is 0. The lowest BCUT2D eigenvalue weighted by molar-refractivity contribution is 0.669. The van der Waals surface area contributed by atoms with E-state index in [0.29, 0.717) is 0 Å². The van der Waals surface area contributed by atoms with E-state index in [2.05, 4.69) is 170 Å². The highest BCUT2D eigenvalue weighted by molar-refractivity contribution is 6.28. The molecule has 0 aliphatic rings. The minimum absolute atomic E-state index is 0.908. The first-order valence-electron chi connectivity index (χ1n) is 16.9. The molecule has 0 fully saturated rings. The lowest BCUT2D eigenvalue weighted by Gasteiger charge is -2.20. The van der Waals surface area contributed by atoms with E-state index < -0.39 is 0 Å². The molecule has 10 aromatic carbocycles. The van der Waals surface area contributed by atoms with Gasteiger partial charge in [-0.25, -0.2) is 0 Å². The van der Waals surface area contributed by atoms with Gasteiger partial charge >= 0.3 is 0 Å². The van der Waals surface area contributed by atoms with E-state index in [0.717, 1.165) is 22.1 Å². The highest BCUT2D eigenvalue weighted by Crippen LogP contribution is 2.48. The zero-order valence-corrected chi connectivity index (χ0v) is 26.6. The van der Waals surface area contributed by atoms with E-state index in [1.807, 2.05) is 0 Å². The molecular weight excluding hydrogens is 593 g/mol. The van der Waals surface area contributed by atoms with Gasteiger partial charge in [0.25, 0.3) is 0 Å². The third kappa shape index (κ3) is 3.76. The molecule has 1 heterocycles. The molecule has 0 spiro atoms. The SMILES string of the molecule is c1ccc2c(-c3c4ccccc4c(-c4ccc5c(c4)oc4ccc6c7ccccc7ccc6c45)c4ccccc34)c3ccccc3cc2c1. The first-order chi connectivity index (χ1) is 24.3. The molecule has 0 atom stereocenters. The Balaban J connectivity index is 1.23. The fourth-order valence-electron chi connectivity index (χ4n) is 8.51. The Morgan fingerprint density at radius 3 is 1.41 bits per heavy atom. The number of rotatable bonds is 2. The minimum atomic E-state index is 0.908. The second-order valence-corrected chi connectivity index (χ2v) is 13.2. The molecule has 0 bridgehead atoms. The molecular formula is C48H28O. The highest BCUT2D eigenvalue weighted by atomic mass is 16.3. The van der Waals surface area contributed by atoms with Gasteiger partial charge in [0, 0.05) is 10.8 Å². The Labute approximate surface area is 282 Å². The van der Waals surface area contributed by atoms with Crippen molar-refractivity contribution in [2.24, 2.45) is 0 Å². The monoisotopic (exact) mass is 620 g/mol. The molecule has 0 amide bonds. The summed E-state index contributed by atoms with van der Waals surface area (Å²) in [6.07, 6.45) is 0. The molecule has 226 valence electrons. The third-order valence-electron chi connectivity index (χ3n) is 10.6. The molecule has 1 nitrogen and oxygen atoms in total. The number of fused-ring (bicyclic) bond motifs is 11. The van der Waals surface area contributed by atoms with Crippen LogP contribution >= 0.6 is 0 Å². The van der Waals surface area contributed by atoms with Gasteiger partial charge < -0.3 is 4.42 Å². The molecule has 0 aliphatic carbocycles. The molecule has 0 saturated carbocycles. The van der Waals surface area contributed by atoms with Crippen molar-refractivity contribution in [2.75, 3.05) is 0 Å². The largest absolute Gasteiger partial charge is 0.456 e. The Hall–Kier alpha value is -6.44. The summed E-state index contributed by atoms with van der Waals surface area (Å²) in [5.74, 6) is 0. The molecule has 0 radical (unpaired) electrons. The molecule has 0 saturated heterocycles. The van der Waals surface area contributed by atoms with Crippen molar-refractivity contribution in [3.63, 3.8) is 0 Å². The summed E-state index contributed by atoms with van der Waals surface area (Å²) in [5.41, 5.74) is 6.79. The van der Waals surface area contributed by atoms with E-state index in [-0.39, 0.29) is 0 Å².